The lowest BCUT2D eigenvalue weighted by Gasteiger charge is -2.12. The second-order valence-corrected chi connectivity index (χ2v) is 4.87. The van der Waals surface area contributed by atoms with Crippen LogP contribution in [0.3, 0.4) is 0 Å². The standard InChI is InChI=1S/C16H20F2O6/c1-2-8-23-14(19)5-3-4-9-22-13-10-11(15(20)21)6-7-12(13)24-16(17)18/h6-7,10,16H,2-5,8-9H2,1H3,(H,20,21). The second kappa shape index (κ2) is 10.4. The third kappa shape index (κ3) is 7.26. The van der Waals surface area contributed by atoms with Crippen molar-refractivity contribution < 1.29 is 37.7 Å². The molecule has 1 aromatic carbocycles. The van der Waals surface area contributed by atoms with Crippen molar-refractivity contribution in [2.75, 3.05) is 13.2 Å². The highest BCUT2D eigenvalue weighted by atomic mass is 19.3. The SMILES string of the molecule is CCCOC(=O)CCCCOc1cc(C(=O)O)ccc1OC(F)F. The number of alkyl halides is 2. The fraction of sp³-hybridized carbons (Fsp3) is 0.500. The van der Waals surface area contributed by atoms with E-state index in [4.69, 9.17) is 14.6 Å². The minimum atomic E-state index is -3.05. The van der Waals surface area contributed by atoms with Crippen LogP contribution in [0.2, 0.25) is 0 Å². The Bertz CT molecular complexity index is 547. The first kappa shape index (κ1) is 19.7. The van der Waals surface area contributed by atoms with Gasteiger partial charge in [0, 0.05) is 6.42 Å². The van der Waals surface area contributed by atoms with Crippen LogP contribution in [0.1, 0.15) is 43.0 Å². The lowest BCUT2D eigenvalue weighted by molar-refractivity contribution is -0.143. The molecule has 0 unspecified atom stereocenters. The molecular weight excluding hydrogens is 326 g/mol. The van der Waals surface area contributed by atoms with Gasteiger partial charge in [-0.1, -0.05) is 6.92 Å². The van der Waals surface area contributed by atoms with Gasteiger partial charge in [0.2, 0.25) is 0 Å². The summed E-state index contributed by atoms with van der Waals surface area (Å²) in [4.78, 5) is 22.2. The summed E-state index contributed by atoms with van der Waals surface area (Å²) in [7, 11) is 0. The van der Waals surface area contributed by atoms with E-state index in [1.165, 1.54) is 0 Å². The molecule has 0 saturated heterocycles. The quantitative estimate of drug-likeness (QED) is 0.488. The number of halogens is 2. The normalized spacial score (nSPS) is 10.5. The molecule has 8 heteroatoms. The minimum Gasteiger partial charge on any atom is -0.490 e. The molecular formula is C16H20F2O6. The molecule has 1 N–H and O–H groups in total. The number of rotatable bonds is 11. The highest BCUT2D eigenvalue weighted by Crippen LogP contribution is 2.30. The lowest BCUT2D eigenvalue weighted by atomic mass is 10.2. The third-order valence-electron chi connectivity index (χ3n) is 2.91. The van der Waals surface area contributed by atoms with Gasteiger partial charge in [-0.05, 0) is 37.5 Å². The van der Waals surface area contributed by atoms with Crippen molar-refractivity contribution in [1.29, 1.82) is 0 Å². The molecule has 0 radical (unpaired) electrons. The third-order valence-corrected chi connectivity index (χ3v) is 2.91. The van der Waals surface area contributed by atoms with Crippen LogP contribution in [0.5, 0.6) is 11.5 Å². The number of esters is 1. The van der Waals surface area contributed by atoms with Gasteiger partial charge < -0.3 is 19.3 Å². The van der Waals surface area contributed by atoms with Gasteiger partial charge in [-0.2, -0.15) is 8.78 Å². The predicted octanol–water partition coefficient (Wildman–Crippen LogP) is 3.49. The molecule has 0 bridgehead atoms. The van der Waals surface area contributed by atoms with E-state index < -0.39 is 12.6 Å². The van der Waals surface area contributed by atoms with Crippen LogP contribution in [0.25, 0.3) is 0 Å². The van der Waals surface area contributed by atoms with Crippen LogP contribution >= 0.6 is 0 Å². The van der Waals surface area contributed by atoms with Gasteiger partial charge >= 0.3 is 18.6 Å². The first-order chi connectivity index (χ1) is 11.4. The molecule has 0 spiro atoms. The second-order valence-electron chi connectivity index (χ2n) is 4.87. The fourth-order valence-electron chi connectivity index (χ4n) is 1.79. The number of carboxylic acid groups (broad SMARTS) is 1. The molecule has 0 fully saturated rings. The molecule has 0 aliphatic rings. The van der Waals surface area contributed by atoms with Crippen molar-refractivity contribution >= 4 is 11.9 Å². The van der Waals surface area contributed by atoms with Gasteiger partial charge in [0.1, 0.15) is 0 Å². The molecule has 0 aliphatic heterocycles. The van der Waals surface area contributed by atoms with Crippen LogP contribution in [-0.4, -0.2) is 36.9 Å². The van der Waals surface area contributed by atoms with E-state index >= 15 is 0 Å². The van der Waals surface area contributed by atoms with Gasteiger partial charge in [0.25, 0.3) is 0 Å². The van der Waals surface area contributed by atoms with Crippen molar-refractivity contribution in [3.8, 4) is 11.5 Å². The van der Waals surface area contributed by atoms with Gasteiger partial charge in [-0.3, -0.25) is 4.79 Å². The molecule has 134 valence electrons. The summed E-state index contributed by atoms with van der Waals surface area (Å²) >= 11 is 0. The number of ether oxygens (including phenoxy) is 3. The Balaban J connectivity index is 2.51. The fourth-order valence-corrected chi connectivity index (χ4v) is 1.79. The number of hydrogen-bond donors (Lipinski definition) is 1. The maximum absolute atomic E-state index is 12.3. The molecule has 0 aromatic heterocycles. The molecule has 1 rings (SSSR count). The van der Waals surface area contributed by atoms with E-state index in [-0.39, 0.29) is 36.1 Å². The maximum atomic E-state index is 12.3. The topological polar surface area (TPSA) is 82.1 Å². The van der Waals surface area contributed by atoms with Gasteiger partial charge in [-0.25, -0.2) is 4.79 Å². The Morgan fingerprint density at radius 2 is 1.92 bits per heavy atom. The van der Waals surface area contributed by atoms with E-state index in [0.29, 0.717) is 19.4 Å². The average molecular weight is 346 g/mol. The molecule has 1 aromatic rings. The number of aromatic carboxylic acids is 1. The van der Waals surface area contributed by atoms with Gasteiger partial charge in [0.15, 0.2) is 11.5 Å². The highest BCUT2D eigenvalue weighted by molar-refractivity contribution is 5.88. The zero-order valence-corrected chi connectivity index (χ0v) is 13.3. The monoisotopic (exact) mass is 346 g/mol. The zero-order valence-electron chi connectivity index (χ0n) is 13.3. The van der Waals surface area contributed by atoms with Crippen molar-refractivity contribution in [3.05, 3.63) is 23.8 Å². The maximum Gasteiger partial charge on any atom is 0.387 e. The summed E-state index contributed by atoms with van der Waals surface area (Å²) in [6, 6.07) is 3.39. The molecule has 6 nitrogen and oxygen atoms in total. The van der Waals surface area contributed by atoms with Gasteiger partial charge in [-0.15, -0.1) is 0 Å². The molecule has 0 aliphatic carbocycles. The van der Waals surface area contributed by atoms with Crippen LogP contribution in [0, 0.1) is 0 Å². The summed E-state index contributed by atoms with van der Waals surface area (Å²) in [6.07, 6.45) is 1.97. The van der Waals surface area contributed by atoms with E-state index in [1.54, 1.807) is 0 Å². The van der Waals surface area contributed by atoms with Gasteiger partial charge in [0.05, 0.1) is 18.8 Å². The minimum absolute atomic E-state index is 0.0799. The van der Waals surface area contributed by atoms with Crippen molar-refractivity contribution in [1.82, 2.24) is 0 Å². The van der Waals surface area contributed by atoms with Crippen molar-refractivity contribution in [2.45, 2.75) is 39.2 Å². The van der Waals surface area contributed by atoms with E-state index in [0.717, 1.165) is 24.6 Å². The number of carboxylic acids is 1. The molecule has 24 heavy (non-hydrogen) atoms. The van der Waals surface area contributed by atoms with E-state index in [1.807, 2.05) is 6.92 Å². The predicted molar refractivity (Wildman–Crippen MR) is 80.6 cm³/mol. The Hall–Kier alpha value is -2.38. The van der Waals surface area contributed by atoms with Crippen LogP contribution in [0.4, 0.5) is 8.78 Å². The number of carbonyl (C=O) groups is 2. The first-order valence-electron chi connectivity index (χ1n) is 7.54. The first-order valence-corrected chi connectivity index (χ1v) is 7.54. The Morgan fingerprint density at radius 1 is 1.17 bits per heavy atom. The molecule has 0 heterocycles. The average Bonchev–Trinajstić information content (AvgIpc) is 2.53. The Labute approximate surface area is 138 Å². The number of hydrogen-bond acceptors (Lipinski definition) is 5. The van der Waals surface area contributed by atoms with Crippen LogP contribution in [0.15, 0.2) is 18.2 Å². The van der Waals surface area contributed by atoms with E-state index in [2.05, 4.69) is 4.74 Å². The summed E-state index contributed by atoms with van der Waals surface area (Å²) in [5, 5.41) is 8.93. The Kier molecular flexibility index (Phi) is 8.53. The number of benzene rings is 1. The summed E-state index contributed by atoms with van der Waals surface area (Å²) in [5.74, 6) is -1.82. The largest absolute Gasteiger partial charge is 0.490 e. The smallest absolute Gasteiger partial charge is 0.387 e. The molecule has 0 atom stereocenters. The van der Waals surface area contributed by atoms with E-state index in [9.17, 15) is 18.4 Å². The summed E-state index contributed by atoms with van der Waals surface area (Å²) in [6.45, 7) is -0.641. The zero-order chi connectivity index (χ0) is 17.9. The van der Waals surface area contributed by atoms with Crippen molar-refractivity contribution in [2.24, 2.45) is 0 Å². The summed E-state index contributed by atoms with van der Waals surface area (Å²) in [5.41, 5.74) is -0.102. The number of unbranched alkanes of at least 4 members (excludes halogenated alkanes) is 1. The van der Waals surface area contributed by atoms with Crippen LogP contribution in [-0.2, 0) is 9.53 Å². The Morgan fingerprint density at radius 3 is 2.54 bits per heavy atom. The number of carbonyl (C=O) groups excluding carboxylic acids is 1. The highest BCUT2D eigenvalue weighted by Gasteiger charge is 2.14. The van der Waals surface area contributed by atoms with Crippen LogP contribution < -0.4 is 9.47 Å². The summed E-state index contributed by atoms with van der Waals surface area (Å²) < 4.78 is 39.2. The lowest BCUT2D eigenvalue weighted by Crippen LogP contribution is -2.08. The molecule has 0 saturated carbocycles. The molecule has 0 amide bonds. The van der Waals surface area contributed by atoms with Crippen molar-refractivity contribution in [3.63, 3.8) is 0 Å².